The van der Waals surface area contributed by atoms with Crippen LogP contribution in [0.3, 0.4) is 0 Å². The molecule has 3 aliphatic heterocycles. The topological polar surface area (TPSA) is 32.3 Å². The SMILES string of the molecule is c1ccc(CN2C[C@H]3CC[C@@H]2CN(c2cnccn2)C3)cc1. The van der Waals surface area contributed by atoms with Crippen LogP contribution in [0.15, 0.2) is 48.9 Å². The van der Waals surface area contributed by atoms with Gasteiger partial charge in [0, 0.05) is 44.6 Å². The molecule has 0 spiro atoms. The number of aromatic nitrogens is 2. The van der Waals surface area contributed by atoms with Gasteiger partial charge >= 0.3 is 0 Å². The van der Waals surface area contributed by atoms with Crippen LogP contribution < -0.4 is 4.90 Å². The van der Waals surface area contributed by atoms with E-state index in [2.05, 4.69) is 50.1 Å². The number of hydrogen-bond acceptors (Lipinski definition) is 4. The third kappa shape index (κ3) is 2.83. The van der Waals surface area contributed by atoms with Crippen molar-refractivity contribution in [2.75, 3.05) is 24.5 Å². The van der Waals surface area contributed by atoms with Gasteiger partial charge in [-0.05, 0) is 24.3 Å². The summed E-state index contributed by atoms with van der Waals surface area (Å²) in [6.45, 7) is 4.45. The van der Waals surface area contributed by atoms with Gasteiger partial charge in [-0.1, -0.05) is 30.3 Å². The minimum atomic E-state index is 0.626. The molecule has 5 rings (SSSR count). The van der Waals surface area contributed by atoms with Gasteiger partial charge in [0.1, 0.15) is 5.82 Å². The summed E-state index contributed by atoms with van der Waals surface area (Å²) in [5.74, 6) is 1.77. The van der Waals surface area contributed by atoms with E-state index in [1.807, 2.05) is 6.20 Å². The van der Waals surface area contributed by atoms with Crippen molar-refractivity contribution >= 4 is 5.82 Å². The zero-order valence-corrected chi connectivity index (χ0v) is 12.8. The van der Waals surface area contributed by atoms with Gasteiger partial charge in [0.15, 0.2) is 0 Å². The standard InChI is InChI=1S/C18H22N4/c1-2-4-15(5-3-1)11-21-12-16-6-7-17(21)14-22(13-16)18-10-19-8-9-20-18/h1-5,8-10,16-17H,6-7,11-14H2/t16-,17-/m1/s1. The summed E-state index contributed by atoms with van der Waals surface area (Å²) in [5.41, 5.74) is 1.42. The van der Waals surface area contributed by atoms with Crippen LogP contribution in [0.1, 0.15) is 18.4 Å². The van der Waals surface area contributed by atoms with Gasteiger partial charge in [-0.3, -0.25) is 9.88 Å². The van der Waals surface area contributed by atoms with Gasteiger partial charge in [-0.2, -0.15) is 0 Å². The third-order valence-corrected chi connectivity index (χ3v) is 4.93. The molecule has 4 heteroatoms. The van der Waals surface area contributed by atoms with Crippen LogP contribution in [0.4, 0.5) is 5.82 Å². The minimum absolute atomic E-state index is 0.626. The molecule has 114 valence electrons. The first-order valence-electron chi connectivity index (χ1n) is 8.17. The predicted octanol–water partition coefficient (Wildman–Crippen LogP) is 2.58. The normalized spacial score (nSPS) is 25.2. The van der Waals surface area contributed by atoms with Gasteiger partial charge in [0.05, 0.1) is 6.20 Å². The van der Waals surface area contributed by atoms with Crippen LogP contribution in [0, 0.1) is 5.92 Å². The molecule has 0 amide bonds. The van der Waals surface area contributed by atoms with E-state index in [1.54, 1.807) is 12.4 Å². The first kappa shape index (κ1) is 13.7. The van der Waals surface area contributed by atoms with Crippen LogP contribution in [0.2, 0.25) is 0 Å². The second-order valence-corrected chi connectivity index (χ2v) is 6.48. The molecule has 0 N–H and O–H groups in total. The zero-order valence-electron chi connectivity index (χ0n) is 12.8. The molecule has 0 unspecified atom stereocenters. The van der Waals surface area contributed by atoms with Crippen molar-refractivity contribution in [2.45, 2.75) is 25.4 Å². The maximum absolute atomic E-state index is 4.49. The Morgan fingerprint density at radius 3 is 2.73 bits per heavy atom. The van der Waals surface area contributed by atoms with E-state index in [4.69, 9.17) is 0 Å². The van der Waals surface area contributed by atoms with Gasteiger partial charge < -0.3 is 4.90 Å². The number of fused-ring (bicyclic) bond motifs is 4. The zero-order chi connectivity index (χ0) is 14.8. The molecular weight excluding hydrogens is 272 g/mol. The van der Waals surface area contributed by atoms with E-state index in [-0.39, 0.29) is 0 Å². The Morgan fingerprint density at radius 1 is 1.00 bits per heavy atom. The van der Waals surface area contributed by atoms with E-state index >= 15 is 0 Å². The highest BCUT2D eigenvalue weighted by Crippen LogP contribution is 2.30. The van der Waals surface area contributed by atoms with E-state index in [1.165, 1.54) is 24.9 Å². The summed E-state index contributed by atoms with van der Waals surface area (Å²) in [6.07, 6.45) is 8.08. The van der Waals surface area contributed by atoms with E-state index in [0.717, 1.165) is 31.4 Å². The Bertz CT molecular complexity index is 601. The second-order valence-electron chi connectivity index (χ2n) is 6.48. The smallest absolute Gasteiger partial charge is 0.147 e. The fourth-order valence-electron chi connectivity index (χ4n) is 3.83. The van der Waals surface area contributed by atoms with Crippen molar-refractivity contribution in [1.29, 1.82) is 0 Å². The molecule has 3 aliphatic rings. The molecule has 2 atom stereocenters. The lowest BCUT2D eigenvalue weighted by atomic mass is 9.94. The fourth-order valence-corrected chi connectivity index (χ4v) is 3.83. The number of nitrogens with zero attached hydrogens (tertiary/aromatic N) is 4. The molecule has 1 aromatic heterocycles. The number of hydrogen-bond donors (Lipinski definition) is 0. The summed E-state index contributed by atoms with van der Waals surface area (Å²) in [5, 5.41) is 0. The lowest BCUT2D eigenvalue weighted by Crippen LogP contribution is -2.43. The Kier molecular flexibility index (Phi) is 3.77. The quantitative estimate of drug-likeness (QED) is 0.871. The molecule has 0 aliphatic carbocycles. The van der Waals surface area contributed by atoms with E-state index in [9.17, 15) is 0 Å². The van der Waals surface area contributed by atoms with Gasteiger partial charge in [-0.15, -0.1) is 0 Å². The third-order valence-electron chi connectivity index (χ3n) is 4.93. The highest BCUT2D eigenvalue weighted by atomic mass is 15.3. The van der Waals surface area contributed by atoms with Crippen molar-refractivity contribution in [2.24, 2.45) is 5.92 Å². The van der Waals surface area contributed by atoms with Crippen LogP contribution in [-0.4, -0.2) is 40.5 Å². The minimum Gasteiger partial charge on any atom is -0.353 e. The maximum atomic E-state index is 4.49. The molecular formula is C18H22N4. The van der Waals surface area contributed by atoms with Gasteiger partial charge in [0.25, 0.3) is 0 Å². The molecule has 0 radical (unpaired) electrons. The molecule has 22 heavy (non-hydrogen) atoms. The monoisotopic (exact) mass is 294 g/mol. The highest BCUT2D eigenvalue weighted by molar-refractivity contribution is 5.36. The lowest BCUT2D eigenvalue weighted by molar-refractivity contribution is 0.126. The maximum Gasteiger partial charge on any atom is 0.147 e. The van der Waals surface area contributed by atoms with Crippen molar-refractivity contribution in [1.82, 2.24) is 14.9 Å². The number of rotatable bonds is 3. The fraction of sp³-hybridized carbons (Fsp3) is 0.444. The predicted molar refractivity (Wildman–Crippen MR) is 87.6 cm³/mol. The molecule has 2 bridgehead atoms. The molecule has 3 fully saturated rings. The molecule has 2 aromatic rings. The van der Waals surface area contributed by atoms with Crippen molar-refractivity contribution in [3.8, 4) is 0 Å². The largest absolute Gasteiger partial charge is 0.353 e. The summed E-state index contributed by atoms with van der Waals surface area (Å²) < 4.78 is 0. The van der Waals surface area contributed by atoms with Crippen molar-refractivity contribution < 1.29 is 0 Å². The van der Waals surface area contributed by atoms with Crippen molar-refractivity contribution in [3.63, 3.8) is 0 Å². The number of piperidine rings is 1. The van der Waals surface area contributed by atoms with Crippen LogP contribution in [0.25, 0.3) is 0 Å². The molecule has 1 aromatic carbocycles. The molecule has 3 saturated heterocycles. The molecule has 4 heterocycles. The van der Waals surface area contributed by atoms with Crippen LogP contribution in [-0.2, 0) is 6.54 Å². The number of anilines is 1. The second kappa shape index (κ2) is 6.05. The van der Waals surface area contributed by atoms with Gasteiger partial charge in [0.2, 0.25) is 0 Å². The molecule has 4 nitrogen and oxygen atoms in total. The Balaban J connectivity index is 1.51. The summed E-state index contributed by atoms with van der Waals surface area (Å²) in [4.78, 5) is 13.8. The molecule has 0 saturated carbocycles. The highest BCUT2D eigenvalue weighted by Gasteiger charge is 2.35. The number of benzene rings is 1. The summed E-state index contributed by atoms with van der Waals surface area (Å²) in [6, 6.07) is 11.5. The van der Waals surface area contributed by atoms with Crippen LogP contribution in [0.5, 0.6) is 0 Å². The Labute approximate surface area is 131 Å². The first-order chi connectivity index (χ1) is 10.9. The Hall–Kier alpha value is -1.94. The summed E-state index contributed by atoms with van der Waals surface area (Å²) in [7, 11) is 0. The average Bonchev–Trinajstić information content (AvgIpc) is 2.88. The average molecular weight is 294 g/mol. The van der Waals surface area contributed by atoms with Gasteiger partial charge in [-0.25, -0.2) is 4.98 Å². The van der Waals surface area contributed by atoms with Crippen LogP contribution >= 0.6 is 0 Å². The summed E-state index contributed by atoms with van der Waals surface area (Å²) >= 11 is 0. The lowest BCUT2D eigenvalue weighted by Gasteiger charge is -2.36. The van der Waals surface area contributed by atoms with E-state index < -0.39 is 0 Å². The van der Waals surface area contributed by atoms with Crippen molar-refractivity contribution in [3.05, 3.63) is 54.5 Å². The first-order valence-corrected chi connectivity index (χ1v) is 8.17. The Morgan fingerprint density at radius 2 is 1.91 bits per heavy atom. The van der Waals surface area contributed by atoms with E-state index in [0.29, 0.717) is 6.04 Å².